The molecule has 20 heavy (non-hydrogen) atoms. The Kier molecular flexibility index (Phi) is 2.86. The Morgan fingerprint density at radius 2 is 2.10 bits per heavy atom. The number of hydrogen-bond donors (Lipinski definition) is 4. The lowest BCUT2D eigenvalue weighted by Gasteiger charge is -2.01. The molecule has 102 valence electrons. The highest BCUT2D eigenvalue weighted by Gasteiger charge is 2.14. The van der Waals surface area contributed by atoms with Crippen molar-refractivity contribution in [1.82, 2.24) is 25.5 Å². The van der Waals surface area contributed by atoms with Crippen molar-refractivity contribution in [2.75, 3.05) is 0 Å². The topological polar surface area (TPSA) is 106 Å². The fourth-order valence-corrected chi connectivity index (χ4v) is 2.15. The summed E-state index contributed by atoms with van der Waals surface area (Å²) in [6.07, 6.45) is 0. The first-order chi connectivity index (χ1) is 9.65. The van der Waals surface area contributed by atoms with Crippen LogP contribution >= 0.6 is 0 Å². The van der Waals surface area contributed by atoms with Gasteiger partial charge >= 0.3 is 5.69 Å². The second-order valence-electron chi connectivity index (χ2n) is 4.48. The molecule has 1 aromatic carbocycles. The Labute approximate surface area is 113 Å². The molecule has 0 saturated carbocycles. The van der Waals surface area contributed by atoms with Crippen LogP contribution < -0.4 is 11.0 Å². The van der Waals surface area contributed by atoms with Gasteiger partial charge in [-0.05, 0) is 18.6 Å². The number of hydrogen-bond acceptors (Lipinski definition) is 3. The number of amides is 1. The second-order valence-corrected chi connectivity index (χ2v) is 4.48. The molecule has 2 heterocycles. The second kappa shape index (κ2) is 4.69. The molecular formula is C13H13N5O2. The third kappa shape index (κ3) is 2.09. The molecule has 3 aromatic rings. The zero-order valence-electron chi connectivity index (χ0n) is 10.8. The summed E-state index contributed by atoms with van der Waals surface area (Å²) < 4.78 is 0. The van der Waals surface area contributed by atoms with E-state index in [-0.39, 0.29) is 12.5 Å². The number of rotatable bonds is 3. The lowest BCUT2D eigenvalue weighted by molar-refractivity contribution is 0.0945. The summed E-state index contributed by atoms with van der Waals surface area (Å²) in [5.41, 5.74) is 1.94. The summed E-state index contributed by atoms with van der Waals surface area (Å²) in [5, 5.41) is 9.70. The zero-order chi connectivity index (χ0) is 14.1. The minimum atomic E-state index is -0.393. The summed E-state index contributed by atoms with van der Waals surface area (Å²) in [6.45, 7) is 2.05. The van der Waals surface area contributed by atoms with Crippen LogP contribution in [-0.4, -0.2) is 26.1 Å². The molecule has 0 aliphatic heterocycles. The number of H-pyrrole nitrogens is 3. The summed E-state index contributed by atoms with van der Waals surface area (Å²) in [4.78, 5) is 28.6. The van der Waals surface area contributed by atoms with Crippen LogP contribution in [0.25, 0.3) is 10.9 Å². The van der Waals surface area contributed by atoms with Gasteiger partial charge in [0.25, 0.3) is 5.91 Å². The molecule has 0 aliphatic rings. The molecule has 0 saturated heterocycles. The summed E-state index contributed by atoms with van der Waals surface area (Å²) in [7, 11) is 0. The Morgan fingerprint density at radius 1 is 1.30 bits per heavy atom. The quantitative estimate of drug-likeness (QED) is 0.566. The van der Waals surface area contributed by atoms with Gasteiger partial charge in [0.2, 0.25) is 0 Å². The number of para-hydroxylation sites is 1. The van der Waals surface area contributed by atoms with E-state index in [9.17, 15) is 9.59 Å². The summed E-state index contributed by atoms with van der Waals surface area (Å²) >= 11 is 0. The molecule has 0 bridgehead atoms. The van der Waals surface area contributed by atoms with Gasteiger partial charge in [0, 0.05) is 10.9 Å². The van der Waals surface area contributed by atoms with E-state index in [4.69, 9.17) is 0 Å². The number of aromatic nitrogens is 4. The van der Waals surface area contributed by atoms with E-state index >= 15 is 0 Å². The van der Waals surface area contributed by atoms with Crippen LogP contribution in [0.1, 0.15) is 21.9 Å². The highest BCUT2D eigenvalue weighted by Crippen LogP contribution is 2.21. The highest BCUT2D eigenvalue weighted by atomic mass is 16.2. The van der Waals surface area contributed by atoms with Crippen LogP contribution in [0.4, 0.5) is 0 Å². The van der Waals surface area contributed by atoms with Crippen LogP contribution in [-0.2, 0) is 6.54 Å². The average Bonchev–Trinajstić information content (AvgIpc) is 3.01. The van der Waals surface area contributed by atoms with E-state index in [1.165, 1.54) is 0 Å². The maximum Gasteiger partial charge on any atom is 0.340 e. The van der Waals surface area contributed by atoms with E-state index in [0.29, 0.717) is 11.5 Å². The van der Waals surface area contributed by atoms with Crippen molar-refractivity contribution in [3.05, 3.63) is 51.8 Å². The third-order valence-corrected chi connectivity index (χ3v) is 3.16. The van der Waals surface area contributed by atoms with Crippen molar-refractivity contribution in [3.63, 3.8) is 0 Å². The van der Waals surface area contributed by atoms with Crippen molar-refractivity contribution in [1.29, 1.82) is 0 Å². The fraction of sp³-hybridized carbons (Fsp3) is 0.154. The number of carbonyl (C=O) groups excluding carboxylic acids is 1. The fourth-order valence-electron chi connectivity index (χ4n) is 2.15. The van der Waals surface area contributed by atoms with Crippen LogP contribution in [0.2, 0.25) is 0 Å². The van der Waals surface area contributed by atoms with Gasteiger partial charge < -0.3 is 10.3 Å². The van der Waals surface area contributed by atoms with Gasteiger partial charge in [0.15, 0.2) is 0 Å². The molecule has 4 N–H and O–H groups in total. The van der Waals surface area contributed by atoms with E-state index in [1.54, 1.807) is 0 Å². The molecule has 0 atom stereocenters. The molecule has 1 amide bonds. The lowest BCUT2D eigenvalue weighted by Crippen LogP contribution is -2.24. The van der Waals surface area contributed by atoms with Gasteiger partial charge in [-0.1, -0.05) is 18.2 Å². The number of carbonyl (C=O) groups is 1. The smallest absolute Gasteiger partial charge is 0.340 e. The zero-order valence-corrected chi connectivity index (χ0v) is 10.8. The minimum absolute atomic E-state index is 0.159. The monoisotopic (exact) mass is 271 g/mol. The van der Waals surface area contributed by atoms with Crippen molar-refractivity contribution >= 4 is 16.8 Å². The summed E-state index contributed by atoms with van der Waals surface area (Å²) in [5.74, 6) is 0.152. The number of aryl methyl sites for hydroxylation is 1. The summed E-state index contributed by atoms with van der Waals surface area (Å²) in [6, 6.07) is 7.72. The van der Waals surface area contributed by atoms with Crippen molar-refractivity contribution in [3.8, 4) is 0 Å². The average molecular weight is 271 g/mol. The molecule has 2 aromatic heterocycles. The Hall–Kier alpha value is -2.83. The van der Waals surface area contributed by atoms with E-state index in [0.717, 1.165) is 16.5 Å². The van der Waals surface area contributed by atoms with Crippen LogP contribution in [0.15, 0.2) is 29.1 Å². The Morgan fingerprint density at radius 3 is 2.80 bits per heavy atom. The first-order valence-corrected chi connectivity index (χ1v) is 6.14. The van der Waals surface area contributed by atoms with Gasteiger partial charge in [-0.3, -0.25) is 9.78 Å². The number of benzene rings is 1. The Bertz CT molecular complexity index is 827. The lowest BCUT2D eigenvalue weighted by atomic mass is 10.1. The first-order valence-electron chi connectivity index (χ1n) is 6.14. The predicted octanol–water partition coefficient (Wildman–Crippen LogP) is 0.818. The normalized spacial score (nSPS) is 10.8. The SMILES string of the molecule is Cc1c(C(=O)NCc2n[nH]c(=O)[nH]2)[nH]c2ccccc12. The van der Waals surface area contributed by atoms with Gasteiger partial charge in [0.1, 0.15) is 11.5 Å². The molecule has 3 rings (SSSR count). The van der Waals surface area contributed by atoms with Gasteiger partial charge in [-0.25, -0.2) is 9.89 Å². The molecular weight excluding hydrogens is 258 g/mol. The minimum Gasteiger partial charge on any atom is -0.350 e. The first kappa shape index (κ1) is 12.2. The van der Waals surface area contributed by atoms with E-state index in [2.05, 4.69) is 25.5 Å². The van der Waals surface area contributed by atoms with E-state index in [1.807, 2.05) is 31.2 Å². The maximum absolute atomic E-state index is 12.1. The van der Waals surface area contributed by atoms with Gasteiger partial charge in [0.05, 0.1) is 6.54 Å². The number of fused-ring (bicyclic) bond motifs is 1. The van der Waals surface area contributed by atoms with Crippen molar-refractivity contribution < 1.29 is 4.79 Å². The van der Waals surface area contributed by atoms with Gasteiger partial charge in [-0.2, -0.15) is 5.10 Å². The van der Waals surface area contributed by atoms with Gasteiger partial charge in [-0.15, -0.1) is 0 Å². The van der Waals surface area contributed by atoms with Crippen LogP contribution in [0.5, 0.6) is 0 Å². The molecule has 7 nitrogen and oxygen atoms in total. The molecule has 0 spiro atoms. The van der Waals surface area contributed by atoms with Crippen LogP contribution in [0.3, 0.4) is 0 Å². The largest absolute Gasteiger partial charge is 0.350 e. The molecule has 7 heteroatoms. The van der Waals surface area contributed by atoms with E-state index < -0.39 is 5.69 Å². The maximum atomic E-state index is 12.1. The van der Waals surface area contributed by atoms with Crippen molar-refractivity contribution in [2.45, 2.75) is 13.5 Å². The number of nitrogens with zero attached hydrogens (tertiary/aromatic N) is 1. The third-order valence-electron chi connectivity index (χ3n) is 3.16. The number of nitrogens with one attached hydrogen (secondary N) is 4. The van der Waals surface area contributed by atoms with Crippen molar-refractivity contribution in [2.24, 2.45) is 0 Å². The molecule has 0 aliphatic carbocycles. The predicted molar refractivity (Wildman–Crippen MR) is 73.4 cm³/mol. The van der Waals surface area contributed by atoms with Crippen LogP contribution in [0, 0.1) is 6.92 Å². The Balaban J connectivity index is 1.82. The number of aromatic amines is 3. The highest BCUT2D eigenvalue weighted by molar-refractivity contribution is 6.00. The molecule has 0 radical (unpaired) electrons. The molecule has 0 unspecified atom stereocenters. The standard InChI is InChI=1S/C13H13N5O2/c1-7-8-4-2-3-5-9(8)15-11(7)12(19)14-6-10-16-13(20)18-17-10/h2-5,15H,6H2,1H3,(H,14,19)(H2,16,17,18,20). The molecule has 0 fully saturated rings.